The normalized spacial score (nSPS) is 18.9. The Morgan fingerprint density at radius 3 is 1.79 bits per heavy atom. The minimum absolute atomic E-state index is 0.0457. The van der Waals surface area contributed by atoms with Crippen molar-refractivity contribution in [3.8, 4) is 0 Å². The molecular weight excluding hydrogens is 683 g/mol. The first-order valence-electron chi connectivity index (χ1n) is 16.2. The van der Waals surface area contributed by atoms with E-state index in [4.69, 9.17) is 24.4 Å². The van der Waals surface area contributed by atoms with Crippen LogP contribution in [0.5, 0.6) is 0 Å². The number of unbranched alkanes of at least 4 members (excludes halogenated alkanes) is 2. The Labute approximate surface area is 301 Å². The lowest BCUT2D eigenvalue weighted by molar-refractivity contribution is -0.133. The van der Waals surface area contributed by atoms with Gasteiger partial charge < -0.3 is 10.2 Å². The maximum absolute atomic E-state index is 12.8. The van der Waals surface area contributed by atoms with Gasteiger partial charge in [-0.2, -0.15) is 0 Å². The number of thioether (sulfide) groups is 2. The number of hydrogen-bond acceptors (Lipinski definition) is 9. The molecule has 0 saturated carbocycles. The first-order chi connectivity index (χ1) is 23.3. The summed E-state index contributed by atoms with van der Waals surface area (Å²) in [6.45, 7) is 4.88. The van der Waals surface area contributed by atoms with Gasteiger partial charge in [0.1, 0.15) is 8.64 Å². The average molecular weight is 722 g/mol. The molecule has 0 radical (unpaired) electrons. The van der Waals surface area contributed by atoms with Gasteiger partial charge in [0.25, 0.3) is 11.8 Å². The van der Waals surface area contributed by atoms with Crippen LogP contribution in [0.25, 0.3) is 12.2 Å². The van der Waals surface area contributed by atoms with Crippen LogP contribution in [0, 0.1) is 0 Å². The standard InChI is InChI=1S/C35H39N5O4S4/c41-30(15-18-40-33(44)29(48-35(40)46)25-27-12-6-2-7-13-27)36-16-19-37-20-22-38(23-21-37)31(42)14-8-3-9-17-39-32(43)28(47-34(39)45)24-26-10-4-1-5-11-26/h1-2,4-7,10-13,24-25H,3,8-9,14-23H2,(H,36,41)/b28-24-,29-25+. The van der Waals surface area contributed by atoms with Gasteiger partial charge in [-0.05, 0) is 36.1 Å². The van der Waals surface area contributed by atoms with Crippen molar-refractivity contribution in [2.24, 2.45) is 0 Å². The van der Waals surface area contributed by atoms with Gasteiger partial charge in [-0.3, -0.25) is 33.9 Å². The molecule has 2 aromatic carbocycles. The van der Waals surface area contributed by atoms with E-state index in [2.05, 4.69) is 10.2 Å². The summed E-state index contributed by atoms with van der Waals surface area (Å²) < 4.78 is 1.06. The summed E-state index contributed by atoms with van der Waals surface area (Å²) in [7, 11) is 0. The molecule has 3 aliphatic heterocycles. The smallest absolute Gasteiger partial charge is 0.266 e. The quantitative estimate of drug-likeness (QED) is 0.165. The van der Waals surface area contributed by atoms with Crippen molar-refractivity contribution in [3.05, 3.63) is 81.6 Å². The second kappa shape index (κ2) is 17.9. The number of nitrogens with one attached hydrogen (secondary N) is 1. The molecule has 1 N–H and O–H groups in total. The zero-order chi connectivity index (χ0) is 33.9. The molecule has 0 aliphatic carbocycles. The van der Waals surface area contributed by atoms with E-state index in [0.29, 0.717) is 57.6 Å². The molecule has 0 bridgehead atoms. The summed E-state index contributed by atoms with van der Waals surface area (Å²) in [6, 6.07) is 19.4. The van der Waals surface area contributed by atoms with Crippen molar-refractivity contribution >= 4 is 92.4 Å². The Kier molecular flexibility index (Phi) is 13.4. The first-order valence-corrected chi connectivity index (χ1v) is 18.6. The van der Waals surface area contributed by atoms with Gasteiger partial charge in [0, 0.05) is 65.2 Å². The van der Waals surface area contributed by atoms with Crippen molar-refractivity contribution in [1.29, 1.82) is 0 Å². The molecule has 0 spiro atoms. The lowest BCUT2D eigenvalue weighted by Gasteiger charge is -2.34. The number of hydrogen-bond donors (Lipinski definition) is 1. The Hall–Kier alpha value is -3.36. The van der Waals surface area contributed by atoms with E-state index < -0.39 is 0 Å². The number of carbonyl (C=O) groups is 4. The molecule has 252 valence electrons. The van der Waals surface area contributed by atoms with E-state index in [1.807, 2.05) is 77.7 Å². The summed E-state index contributed by atoms with van der Waals surface area (Å²) in [5, 5.41) is 2.95. The summed E-state index contributed by atoms with van der Waals surface area (Å²) in [5.41, 5.74) is 1.91. The minimum Gasteiger partial charge on any atom is -0.355 e. The van der Waals surface area contributed by atoms with E-state index in [1.165, 1.54) is 28.4 Å². The van der Waals surface area contributed by atoms with Crippen molar-refractivity contribution in [1.82, 2.24) is 24.9 Å². The van der Waals surface area contributed by atoms with Gasteiger partial charge in [-0.15, -0.1) is 0 Å². The molecule has 0 aromatic heterocycles. The maximum atomic E-state index is 12.8. The molecule has 3 saturated heterocycles. The van der Waals surface area contributed by atoms with E-state index >= 15 is 0 Å². The number of rotatable bonds is 14. The maximum Gasteiger partial charge on any atom is 0.266 e. The molecule has 48 heavy (non-hydrogen) atoms. The van der Waals surface area contributed by atoms with Crippen LogP contribution in [0.4, 0.5) is 0 Å². The number of nitrogens with zero attached hydrogens (tertiary/aromatic N) is 4. The Bertz CT molecular complexity index is 1580. The second-order valence-electron chi connectivity index (χ2n) is 11.6. The number of thiocarbonyl (C=S) groups is 2. The molecule has 3 aliphatic rings. The zero-order valence-corrected chi connectivity index (χ0v) is 29.9. The number of carbonyl (C=O) groups excluding carboxylic acids is 4. The first kappa shape index (κ1) is 35.9. The van der Waals surface area contributed by atoms with Gasteiger partial charge >= 0.3 is 0 Å². The topological polar surface area (TPSA) is 93.3 Å². The average Bonchev–Trinajstić information content (AvgIpc) is 3.51. The van der Waals surface area contributed by atoms with Crippen molar-refractivity contribution in [2.75, 3.05) is 52.4 Å². The fraction of sp³-hybridized carbons (Fsp3) is 0.371. The predicted molar refractivity (Wildman–Crippen MR) is 202 cm³/mol. The fourth-order valence-electron chi connectivity index (χ4n) is 5.54. The van der Waals surface area contributed by atoms with Crippen molar-refractivity contribution < 1.29 is 19.2 Å². The third-order valence-corrected chi connectivity index (χ3v) is 11.0. The monoisotopic (exact) mass is 721 g/mol. The molecule has 5 rings (SSSR count). The van der Waals surface area contributed by atoms with Gasteiger partial charge in [0.15, 0.2) is 0 Å². The lowest BCUT2D eigenvalue weighted by Crippen LogP contribution is -2.50. The number of benzene rings is 2. The van der Waals surface area contributed by atoms with E-state index in [1.54, 1.807) is 4.90 Å². The minimum atomic E-state index is -0.164. The van der Waals surface area contributed by atoms with Crippen LogP contribution >= 0.6 is 48.0 Å². The summed E-state index contributed by atoms with van der Waals surface area (Å²) >= 11 is 13.4. The van der Waals surface area contributed by atoms with Crippen LogP contribution in [-0.2, 0) is 19.2 Å². The highest BCUT2D eigenvalue weighted by Gasteiger charge is 2.33. The van der Waals surface area contributed by atoms with E-state index in [0.717, 1.165) is 43.5 Å². The molecule has 3 fully saturated rings. The summed E-state index contributed by atoms with van der Waals surface area (Å²) in [6.07, 6.45) is 6.80. The number of amides is 4. The van der Waals surface area contributed by atoms with Gasteiger partial charge in [0.05, 0.1) is 9.81 Å². The van der Waals surface area contributed by atoms with Gasteiger partial charge in [-0.1, -0.05) is 115 Å². The SMILES string of the molecule is O=C(CCN1C(=O)/C(=C\c2ccccc2)SC1=S)NCCN1CCN(C(=O)CCCCCN2C(=O)/C(=C/c3ccccc3)SC2=S)CC1. The Morgan fingerprint density at radius 2 is 1.23 bits per heavy atom. The lowest BCUT2D eigenvalue weighted by atomic mass is 10.1. The molecule has 3 heterocycles. The van der Waals surface area contributed by atoms with E-state index in [-0.39, 0.29) is 36.6 Å². The third-order valence-electron chi connectivity index (χ3n) is 8.25. The largest absolute Gasteiger partial charge is 0.355 e. The molecule has 2 aromatic rings. The van der Waals surface area contributed by atoms with Gasteiger partial charge in [-0.25, -0.2) is 0 Å². The van der Waals surface area contributed by atoms with Crippen molar-refractivity contribution in [2.45, 2.75) is 32.1 Å². The molecule has 13 heteroatoms. The van der Waals surface area contributed by atoms with Crippen LogP contribution < -0.4 is 5.32 Å². The Balaban J connectivity index is 0.914. The third kappa shape index (κ3) is 10.1. The second-order valence-corrected chi connectivity index (χ2v) is 15.0. The highest BCUT2D eigenvalue weighted by Crippen LogP contribution is 2.33. The van der Waals surface area contributed by atoms with Crippen LogP contribution in [0.2, 0.25) is 0 Å². The zero-order valence-electron chi connectivity index (χ0n) is 26.7. The fourth-order valence-corrected chi connectivity index (χ4v) is 8.16. The predicted octanol–water partition coefficient (Wildman–Crippen LogP) is 5.00. The van der Waals surface area contributed by atoms with Crippen molar-refractivity contribution in [3.63, 3.8) is 0 Å². The molecule has 0 atom stereocenters. The van der Waals surface area contributed by atoms with Crippen LogP contribution in [0.1, 0.15) is 43.2 Å². The van der Waals surface area contributed by atoms with Crippen LogP contribution in [0.3, 0.4) is 0 Å². The highest BCUT2D eigenvalue weighted by atomic mass is 32.2. The van der Waals surface area contributed by atoms with Crippen LogP contribution in [-0.4, -0.2) is 104 Å². The highest BCUT2D eigenvalue weighted by molar-refractivity contribution is 8.27. The Morgan fingerprint density at radius 1 is 0.688 bits per heavy atom. The molecule has 4 amide bonds. The van der Waals surface area contributed by atoms with Gasteiger partial charge in [0.2, 0.25) is 11.8 Å². The molecule has 0 unspecified atom stereocenters. The van der Waals surface area contributed by atoms with Crippen LogP contribution in [0.15, 0.2) is 70.5 Å². The summed E-state index contributed by atoms with van der Waals surface area (Å²) in [4.78, 5) is 59.5. The molecular formula is C35H39N5O4S4. The van der Waals surface area contributed by atoms with E-state index in [9.17, 15) is 19.2 Å². The summed E-state index contributed by atoms with van der Waals surface area (Å²) in [5.74, 6) is -0.171. The molecule has 9 nitrogen and oxygen atoms in total. The number of piperazine rings is 1.